The van der Waals surface area contributed by atoms with Gasteiger partial charge in [0.1, 0.15) is 11.4 Å². The fourth-order valence-corrected chi connectivity index (χ4v) is 4.72. The maximum Gasteiger partial charge on any atom is 0.573 e. The summed E-state index contributed by atoms with van der Waals surface area (Å²) < 4.78 is 70.2. The van der Waals surface area contributed by atoms with E-state index < -0.39 is 39.4 Å². The molecule has 174 valence electrons. The minimum Gasteiger partial charge on any atom is -0.406 e. The molecule has 1 N–H and O–H groups in total. The molecule has 3 aromatic rings. The molecule has 0 saturated carbocycles. The Labute approximate surface area is 200 Å². The summed E-state index contributed by atoms with van der Waals surface area (Å²) in [4.78, 5) is 26.4. The second-order valence-electron chi connectivity index (χ2n) is 7.09. The molecule has 34 heavy (non-hydrogen) atoms. The minimum atomic E-state index is -4.91. The van der Waals surface area contributed by atoms with Crippen LogP contribution in [0.15, 0.2) is 87.9 Å². The average molecular weight is 552 g/mol. The van der Waals surface area contributed by atoms with Gasteiger partial charge in [-0.1, -0.05) is 52.3 Å². The normalized spacial score (nSPS) is 14.1. The van der Waals surface area contributed by atoms with Crippen LogP contribution in [0.5, 0.6) is 5.75 Å². The SMILES string of the molecule is O=C1C(NS(=O)(=O)c2ccc(Br)cc2)=C(c2ccc(OC(F)(F)F)cc2)C(=O)c2ccccc21. The number of fused-ring (bicyclic) bond motifs is 1. The number of hydrogen-bond donors (Lipinski definition) is 1. The fraction of sp³-hybridized carbons (Fsp3) is 0.0435. The second-order valence-corrected chi connectivity index (χ2v) is 9.68. The van der Waals surface area contributed by atoms with Gasteiger partial charge in [0.15, 0.2) is 5.78 Å². The molecule has 6 nitrogen and oxygen atoms in total. The van der Waals surface area contributed by atoms with Gasteiger partial charge in [-0.05, 0) is 42.0 Å². The van der Waals surface area contributed by atoms with Crippen LogP contribution in [0.25, 0.3) is 5.57 Å². The van der Waals surface area contributed by atoms with Crippen molar-refractivity contribution in [2.24, 2.45) is 0 Å². The van der Waals surface area contributed by atoms with Crippen molar-refractivity contribution in [1.29, 1.82) is 0 Å². The van der Waals surface area contributed by atoms with Crippen LogP contribution < -0.4 is 9.46 Å². The second kappa shape index (κ2) is 8.73. The predicted molar refractivity (Wildman–Crippen MR) is 120 cm³/mol. The van der Waals surface area contributed by atoms with Gasteiger partial charge in [0.25, 0.3) is 10.0 Å². The lowest BCUT2D eigenvalue weighted by atomic mass is 9.84. The van der Waals surface area contributed by atoms with E-state index in [1.165, 1.54) is 42.5 Å². The zero-order valence-corrected chi connectivity index (χ0v) is 19.3. The number of allylic oxidation sites excluding steroid dienone is 2. The highest BCUT2D eigenvalue weighted by molar-refractivity contribution is 9.10. The third kappa shape index (κ3) is 4.75. The first kappa shape index (κ1) is 23.7. The van der Waals surface area contributed by atoms with Crippen molar-refractivity contribution in [2.45, 2.75) is 11.3 Å². The Hall–Kier alpha value is -3.44. The van der Waals surface area contributed by atoms with Gasteiger partial charge in [0.05, 0.1) is 10.5 Å². The van der Waals surface area contributed by atoms with Crippen LogP contribution in [0.2, 0.25) is 0 Å². The van der Waals surface area contributed by atoms with Crippen molar-refractivity contribution in [3.05, 3.63) is 99.7 Å². The molecule has 1 aliphatic carbocycles. The quantitative estimate of drug-likeness (QED) is 0.475. The summed E-state index contributed by atoms with van der Waals surface area (Å²) in [6.45, 7) is 0. The summed E-state index contributed by atoms with van der Waals surface area (Å²) >= 11 is 3.21. The van der Waals surface area contributed by atoms with E-state index in [0.29, 0.717) is 4.47 Å². The highest BCUT2D eigenvalue weighted by atomic mass is 79.9. The number of nitrogens with one attached hydrogen (secondary N) is 1. The standard InChI is InChI=1S/C23H13BrF3NO5S/c24-14-7-11-16(12-8-14)34(31,32)28-20-19(13-5-9-15(10-6-13)33-23(25,26)27)21(29)17-3-1-2-4-18(17)22(20)30/h1-12,28H. The molecule has 0 saturated heterocycles. The van der Waals surface area contributed by atoms with Crippen LogP contribution in [0, 0.1) is 0 Å². The number of sulfonamides is 1. The average Bonchev–Trinajstić information content (AvgIpc) is 2.77. The van der Waals surface area contributed by atoms with E-state index in [0.717, 1.165) is 24.3 Å². The zero-order chi connectivity index (χ0) is 24.7. The molecule has 3 aromatic carbocycles. The maximum absolute atomic E-state index is 13.3. The molecule has 0 aromatic heterocycles. The lowest BCUT2D eigenvalue weighted by molar-refractivity contribution is -0.274. The summed E-state index contributed by atoms with van der Waals surface area (Å²) in [7, 11) is -4.28. The monoisotopic (exact) mass is 551 g/mol. The summed E-state index contributed by atoms with van der Waals surface area (Å²) in [5.41, 5.74) is -0.707. The molecule has 0 amide bonds. The van der Waals surface area contributed by atoms with Gasteiger partial charge >= 0.3 is 6.36 Å². The van der Waals surface area contributed by atoms with Gasteiger partial charge < -0.3 is 4.74 Å². The van der Waals surface area contributed by atoms with Gasteiger partial charge in [-0.2, -0.15) is 0 Å². The van der Waals surface area contributed by atoms with Crippen LogP contribution >= 0.6 is 15.9 Å². The highest BCUT2D eigenvalue weighted by Crippen LogP contribution is 2.33. The van der Waals surface area contributed by atoms with E-state index in [4.69, 9.17) is 0 Å². The number of hydrogen-bond acceptors (Lipinski definition) is 5. The van der Waals surface area contributed by atoms with Crippen LogP contribution in [-0.2, 0) is 10.0 Å². The predicted octanol–water partition coefficient (Wildman–Crippen LogP) is 5.12. The number of ether oxygens (including phenoxy) is 1. The third-order valence-electron chi connectivity index (χ3n) is 4.86. The first-order chi connectivity index (χ1) is 16.0. The fourth-order valence-electron chi connectivity index (χ4n) is 3.38. The Morgan fingerprint density at radius 3 is 1.91 bits per heavy atom. The van der Waals surface area contributed by atoms with Crippen LogP contribution in [-0.4, -0.2) is 26.3 Å². The van der Waals surface area contributed by atoms with Crippen molar-refractivity contribution >= 4 is 43.1 Å². The van der Waals surface area contributed by atoms with Crippen LogP contribution in [0.1, 0.15) is 26.3 Å². The minimum absolute atomic E-state index is 0.00165. The largest absolute Gasteiger partial charge is 0.573 e. The molecule has 0 fully saturated rings. The van der Waals surface area contributed by atoms with Crippen LogP contribution in [0.4, 0.5) is 13.2 Å². The molecular formula is C23H13BrF3NO5S. The summed E-state index contributed by atoms with van der Waals surface area (Å²) in [6.07, 6.45) is -4.91. The van der Waals surface area contributed by atoms with E-state index in [-0.39, 0.29) is 27.2 Å². The van der Waals surface area contributed by atoms with E-state index in [9.17, 15) is 31.2 Å². The van der Waals surface area contributed by atoms with Gasteiger partial charge in [0.2, 0.25) is 5.78 Å². The number of carbonyl (C=O) groups is 2. The molecule has 4 rings (SSSR count). The van der Waals surface area contributed by atoms with Gasteiger partial charge in [-0.3, -0.25) is 14.3 Å². The number of rotatable bonds is 5. The van der Waals surface area contributed by atoms with Gasteiger partial charge in [-0.25, -0.2) is 8.42 Å². The van der Waals surface area contributed by atoms with Crippen molar-refractivity contribution < 1.29 is 35.9 Å². The number of carbonyl (C=O) groups excluding carboxylic acids is 2. The third-order valence-corrected chi connectivity index (χ3v) is 6.75. The maximum atomic E-state index is 13.3. The Morgan fingerprint density at radius 2 is 1.35 bits per heavy atom. The smallest absolute Gasteiger partial charge is 0.406 e. The summed E-state index contributed by atoms with van der Waals surface area (Å²) in [5, 5.41) is 0. The lowest BCUT2D eigenvalue weighted by Gasteiger charge is -2.22. The molecule has 0 unspecified atom stereocenters. The molecule has 0 heterocycles. The molecule has 0 atom stereocenters. The Balaban J connectivity index is 1.84. The first-order valence-electron chi connectivity index (χ1n) is 9.53. The lowest BCUT2D eigenvalue weighted by Crippen LogP contribution is -2.33. The van der Waals surface area contributed by atoms with Crippen LogP contribution in [0.3, 0.4) is 0 Å². The van der Waals surface area contributed by atoms with E-state index in [2.05, 4.69) is 25.4 Å². The molecule has 11 heteroatoms. The van der Waals surface area contributed by atoms with Crippen molar-refractivity contribution in [3.8, 4) is 5.75 Å². The molecule has 0 bridgehead atoms. The molecular weight excluding hydrogens is 539 g/mol. The van der Waals surface area contributed by atoms with Gasteiger partial charge in [0, 0.05) is 15.6 Å². The van der Waals surface area contributed by atoms with E-state index >= 15 is 0 Å². The summed E-state index contributed by atoms with van der Waals surface area (Å²) in [6, 6.07) is 15.7. The van der Waals surface area contributed by atoms with Crippen molar-refractivity contribution in [2.75, 3.05) is 0 Å². The summed E-state index contributed by atoms with van der Waals surface area (Å²) in [5.74, 6) is -1.95. The topological polar surface area (TPSA) is 89.5 Å². The number of Topliss-reactive ketones (excluding diaryl/α,β-unsaturated/α-hetero) is 2. The van der Waals surface area contributed by atoms with E-state index in [1.807, 2.05) is 0 Å². The number of halogens is 4. The first-order valence-corrected chi connectivity index (χ1v) is 11.8. The van der Waals surface area contributed by atoms with Crippen molar-refractivity contribution in [3.63, 3.8) is 0 Å². The number of alkyl halides is 3. The Bertz CT molecular complexity index is 1430. The Morgan fingerprint density at radius 1 is 0.794 bits per heavy atom. The highest BCUT2D eigenvalue weighted by Gasteiger charge is 2.36. The number of ketones is 2. The molecule has 1 aliphatic rings. The molecule has 0 spiro atoms. The molecule has 0 radical (unpaired) electrons. The van der Waals surface area contributed by atoms with Crippen molar-refractivity contribution in [1.82, 2.24) is 4.72 Å². The Kier molecular flexibility index (Phi) is 6.09. The van der Waals surface area contributed by atoms with E-state index in [1.54, 1.807) is 6.07 Å². The van der Waals surface area contributed by atoms with Gasteiger partial charge in [-0.15, -0.1) is 13.2 Å². The zero-order valence-electron chi connectivity index (χ0n) is 16.9. The molecule has 0 aliphatic heterocycles. The number of benzene rings is 3.